The number of aromatic nitrogens is 3. The van der Waals surface area contributed by atoms with E-state index in [4.69, 9.17) is 10.3 Å². The van der Waals surface area contributed by atoms with E-state index in [-0.39, 0.29) is 6.04 Å². The Morgan fingerprint density at radius 3 is 2.86 bits per heavy atom. The molecule has 1 atom stereocenters. The third kappa shape index (κ3) is 1.42. The fraction of sp³-hybridized carbons (Fsp3) is 0.333. The quantitative estimate of drug-likeness (QED) is 0.773. The lowest BCUT2D eigenvalue weighted by molar-refractivity contribution is 0.362. The van der Waals surface area contributed by atoms with Crippen LogP contribution >= 0.6 is 0 Å². The van der Waals surface area contributed by atoms with Crippen LogP contribution in [0.15, 0.2) is 22.9 Å². The zero-order valence-corrected chi connectivity index (χ0v) is 8.14. The van der Waals surface area contributed by atoms with Crippen molar-refractivity contribution >= 4 is 0 Å². The molecule has 2 rings (SSSR count). The number of nitrogens with zero attached hydrogens (tertiary/aromatic N) is 3. The maximum atomic E-state index is 5.62. The molecule has 0 aliphatic carbocycles. The molecule has 0 aromatic carbocycles. The molecule has 0 aliphatic heterocycles. The lowest BCUT2D eigenvalue weighted by atomic mass is 10.3. The van der Waals surface area contributed by atoms with Gasteiger partial charge >= 0.3 is 0 Å². The van der Waals surface area contributed by atoms with Gasteiger partial charge in [0.25, 0.3) is 0 Å². The lowest BCUT2D eigenvalue weighted by Crippen LogP contribution is -2.05. The van der Waals surface area contributed by atoms with Crippen molar-refractivity contribution in [3.63, 3.8) is 0 Å². The highest BCUT2D eigenvalue weighted by Crippen LogP contribution is 2.17. The van der Waals surface area contributed by atoms with Gasteiger partial charge in [0.2, 0.25) is 11.7 Å². The highest BCUT2D eigenvalue weighted by molar-refractivity contribution is 5.49. The molecule has 0 aliphatic rings. The molecule has 0 fully saturated rings. The van der Waals surface area contributed by atoms with Crippen LogP contribution in [0.3, 0.4) is 0 Å². The highest BCUT2D eigenvalue weighted by Gasteiger charge is 2.12. The molecule has 2 aromatic heterocycles. The minimum absolute atomic E-state index is 0.225. The highest BCUT2D eigenvalue weighted by atomic mass is 16.5. The van der Waals surface area contributed by atoms with Gasteiger partial charge in [0.15, 0.2) is 0 Å². The third-order valence-corrected chi connectivity index (χ3v) is 2.00. The lowest BCUT2D eigenvalue weighted by Gasteiger charge is -1.95. The van der Waals surface area contributed by atoms with Crippen molar-refractivity contribution in [3.8, 4) is 11.5 Å². The molecule has 0 radical (unpaired) electrons. The summed E-state index contributed by atoms with van der Waals surface area (Å²) in [5.41, 5.74) is 6.53. The van der Waals surface area contributed by atoms with Crippen LogP contribution in [-0.2, 0) is 7.05 Å². The normalized spacial score (nSPS) is 13.1. The predicted octanol–water partition coefficient (Wildman–Crippen LogP) is 1.09. The average Bonchev–Trinajstić information content (AvgIpc) is 2.71. The Balaban J connectivity index is 2.39. The van der Waals surface area contributed by atoms with E-state index >= 15 is 0 Å². The molecule has 5 nitrogen and oxygen atoms in total. The fourth-order valence-electron chi connectivity index (χ4n) is 1.22. The number of nitrogens with two attached hydrogens (primary N) is 1. The minimum Gasteiger partial charge on any atom is -0.348 e. The summed E-state index contributed by atoms with van der Waals surface area (Å²) in [6, 6.07) is 3.63. The molecule has 0 bridgehead atoms. The van der Waals surface area contributed by atoms with E-state index in [1.54, 1.807) is 0 Å². The first-order chi connectivity index (χ1) is 6.68. The summed E-state index contributed by atoms with van der Waals surface area (Å²) in [6.45, 7) is 1.81. The van der Waals surface area contributed by atoms with Crippen LogP contribution < -0.4 is 5.73 Å². The molecule has 0 saturated carbocycles. The summed E-state index contributed by atoms with van der Waals surface area (Å²) in [5.74, 6) is 1.03. The van der Waals surface area contributed by atoms with Crippen LogP contribution in [-0.4, -0.2) is 14.7 Å². The van der Waals surface area contributed by atoms with Crippen LogP contribution in [0.25, 0.3) is 11.5 Å². The van der Waals surface area contributed by atoms with Crippen molar-refractivity contribution in [2.45, 2.75) is 13.0 Å². The van der Waals surface area contributed by atoms with Crippen molar-refractivity contribution in [2.75, 3.05) is 0 Å². The van der Waals surface area contributed by atoms with Gasteiger partial charge in [-0.25, -0.2) is 0 Å². The summed E-state index contributed by atoms with van der Waals surface area (Å²) in [7, 11) is 1.93. The van der Waals surface area contributed by atoms with Crippen LogP contribution in [0.2, 0.25) is 0 Å². The average molecular weight is 192 g/mol. The Labute approximate surface area is 81.5 Å². The molecular weight excluding hydrogens is 180 g/mol. The van der Waals surface area contributed by atoms with Crippen molar-refractivity contribution in [1.82, 2.24) is 14.7 Å². The summed E-state index contributed by atoms with van der Waals surface area (Å²) in [6.07, 6.45) is 1.93. The molecule has 0 saturated heterocycles. The van der Waals surface area contributed by atoms with Gasteiger partial charge in [-0.2, -0.15) is 4.98 Å². The minimum atomic E-state index is -0.225. The van der Waals surface area contributed by atoms with E-state index in [1.165, 1.54) is 0 Å². The maximum absolute atomic E-state index is 5.62. The Morgan fingerprint density at radius 2 is 2.36 bits per heavy atom. The van der Waals surface area contributed by atoms with Gasteiger partial charge in [-0.1, -0.05) is 5.16 Å². The second-order valence-electron chi connectivity index (χ2n) is 3.25. The molecule has 0 unspecified atom stereocenters. The third-order valence-electron chi connectivity index (χ3n) is 2.00. The largest absolute Gasteiger partial charge is 0.348 e. The van der Waals surface area contributed by atoms with Gasteiger partial charge in [0.05, 0.1) is 11.7 Å². The summed E-state index contributed by atoms with van der Waals surface area (Å²) >= 11 is 0. The van der Waals surface area contributed by atoms with E-state index < -0.39 is 0 Å². The topological polar surface area (TPSA) is 69.9 Å². The molecule has 2 N–H and O–H groups in total. The van der Waals surface area contributed by atoms with E-state index in [1.807, 2.05) is 36.9 Å². The molecule has 14 heavy (non-hydrogen) atoms. The smallest absolute Gasteiger partial charge is 0.243 e. The van der Waals surface area contributed by atoms with E-state index in [9.17, 15) is 0 Å². The predicted molar refractivity (Wildman–Crippen MR) is 51.3 cm³/mol. The number of aryl methyl sites for hydroxylation is 1. The zero-order valence-electron chi connectivity index (χ0n) is 8.14. The van der Waals surface area contributed by atoms with Crippen molar-refractivity contribution in [2.24, 2.45) is 12.8 Å². The molecule has 0 spiro atoms. The SMILES string of the molecule is C[C@H](N)c1nc(-c2cccn2C)no1. The standard InChI is InChI=1S/C9H12N4O/c1-6(10)9-11-8(12-14-9)7-4-3-5-13(7)2/h3-6H,10H2,1-2H3/t6-/m0/s1. The maximum Gasteiger partial charge on any atom is 0.243 e. The van der Waals surface area contributed by atoms with Crippen molar-refractivity contribution in [3.05, 3.63) is 24.2 Å². The second kappa shape index (κ2) is 3.26. The number of rotatable bonds is 2. The monoisotopic (exact) mass is 192 g/mol. The molecular formula is C9H12N4O. The van der Waals surface area contributed by atoms with Gasteiger partial charge in [-0.15, -0.1) is 0 Å². The molecule has 74 valence electrons. The van der Waals surface area contributed by atoms with Crippen molar-refractivity contribution in [1.29, 1.82) is 0 Å². The zero-order chi connectivity index (χ0) is 10.1. The van der Waals surface area contributed by atoms with E-state index in [0.29, 0.717) is 11.7 Å². The van der Waals surface area contributed by atoms with Gasteiger partial charge in [-0.3, -0.25) is 0 Å². The van der Waals surface area contributed by atoms with Crippen LogP contribution in [0.4, 0.5) is 0 Å². The van der Waals surface area contributed by atoms with Gasteiger partial charge in [0.1, 0.15) is 0 Å². The molecule has 2 aromatic rings. The summed E-state index contributed by atoms with van der Waals surface area (Å²) in [5, 5.41) is 3.85. The van der Waals surface area contributed by atoms with Crippen LogP contribution in [0.5, 0.6) is 0 Å². The first-order valence-corrected chi connectivity index (χ1v) is 4.39. The molecule has 5 heteroatoms. The Bertz CT molecular complexity index is 429. The van der Waals surface area contributed by atoms with E-state index in [0.717, 1.165) is 5.69 Å². The molecule has 2 heterocycles. The van der Waals surface area contributed by atoms with Crippen LogP contribution in [0, 0.1) is 0 Å². The van der Waals surface area contributed by atoms with Gasteiger partial charge < -0.3 is 14.8 Å². The first-order valence-electron chi connectivity index (χ1n) is 4.39. The Kier molecular flexibility index (Phi) is 2.09. The van der Waals surface area contributed by atoms with Gasteiger partial charge in [-0.05, 0) is 19.1 Å². The summed E-state index contributed by atoms with van der Waals surface area (Å²) < 4.78 is 6.93. The number of hydrogen-bond acceptors (Lipinski definition) is 4. The molecule has 0 amide bonds. The number of hydrogen-bond donors (Lipinski definition) is 1. The van der Waals surface area contributed by atoms with Gasteiger partial charge in [0, 0.05) is 13.2 Å². The first kappa shape index (κ1) is 8.96. The van der Waals surface area contributed by atoms with Crippen molar-refractivity contribution < 1.29 is 4.52 Å². The fourth-order valence-corrected chi connectivity index (χ4v) is 1.22. The van der Waals surface area contributed by atoms with E-state index in [2.05, 4.69) is 10.1 Å². The Hall–Kier alpha value is -1.62. The van der Waals surface area contributed by atoms with Crippen LogP contribution in [0.1, 0.15) is 18.9 Å². The summed E-state index contributed by atoms with van der Waals surface area (Å²) in [4.78, 5) is 4.19. The second-order valence-corrected chi connectivity index (χ2v) is 3.25. The Morgan fingerprint density at radius 1 is 1.57 bits per heavy atom.